The molecule has 70 valence electrons. The predicted octanol–water partition coefficient (Wildman–Crippen LogP) is 1.87. The third-order valence-corrected chi connectivity index (χ3v) is 2.72. The Balaban J connectivity index is 2.34. The van der Waals surface area contributed by atoms with Crippen molar-refractivity contribution in [1.29, 1.82) is 0 Å². The molecule has 0 heterocycles. The summed E-state index contributed by atoms with van der Waals surface area (Å²) in [7, 11) is 0. The second kappa shape index (κ2) is 4.61. The van der Waals surface area contributed by atoms with Gasteiger partial charge in [-0.15, -0.1) is 0 Å². The fourth-order valence-corrected chi connectivity index (χ4v) is 1.97. The van der Waals surface area contributed by atoms with E-state index in [4.69, 9.17) is 5.73 Å². The van der Waals surface area contributed by atoms with Gasteiger partial charge in [-0.3, -0.25) is 4.79 Å². The molecule has 2 N–H and O–H groups in total. The normalized spacial score (nSPS) is 21.2. The van der Waals surface area contributed by atoms with E-state index in [9.17, 15) is 4.79 Å². The summed E-state index contributed by atoms with van der Waals surface area (Å²) in [6.45, 7) is 2.07. The van der Waals surface area contributed by atoms with Gasteiger partial charge >= 0.3 is 0 Å². The van der Waals surface area contributed by atoms with Crippen LogP contribution in [0.5, 0.6) is 0 Å². The van der Waals surface area contributed by atoms with Gasteiger partial charge in [0.25, 0.3) is 0 Å². The number of rotatable bonds is 4. The summed E-state index contributed by atoms with van der Waals surface area (Å²) < 4.78 is 0. The van der Waals surface area contributed by atoms with E-state index in [0.29, 0.717) is 11.7 Å². The Bertz CT molecular complexity index is 150. The van der Waals surface area contributed by atoms with Crippen molar-refractivity contribution in [2.45, 2.75) is 51.5 Å². The van der Waals surface area contributed by atoms with Crippen LogP contribution in [0.4, 0.5) is 0 Å². The highest BCUT2D eigenvalue weighted by atomic mass is 16.1. The molecule has 1 atom stereocenters. The highest BCUT2D eigenvalue weighted by Gasteiger charge is 2.26. The number of hydrogen-bond donors (Lipinski definition) is 1. The van der Waals surface area contributed by atoms with Gasteiger partial charge in [-0.2, -0.15) is 0 Å². The van der Waals surface area contributed by atoms with E-state index >= 15 is 0 Å². The maximum absolute atomic E-state index is 11.6. The number of ketones is 1. The minimum Gasteiger partial charge on any atom is -0.321 e. The number of nitrogens with two attached hydrogens (primary N) is 1. The van der Waals surface area contributed by atoms with Gasteiger partial charge in [0.1, 0.15) is 0 Å². The second-order valence-corrected chi connectivity index (χ2v) is 3.78. The molecule has 12 heavy (non-hydrogen) atoms. The number of carbonyl (C=O) groups excluding carboxylic acids is 1. The van der Waals surface area contributed by atoms with E-state index in [1.807, 2.05) is 0 Å². The van der Waals surface area contributed by atoms with E-state index in [1.54, 1.807) is 0 Å². The molecule has 0 bridgehead atoms. The molecule has 1 unspecified atom stereocenters. The summed E-state index contributed by atoms with van der Waals surface area (Å²) in [5.41, 5.74) is 5.76. The summed E-state index contributed by atoms with van der Waals surface area (Å²) in [6, 6.07) is -0.182. The Labute approximate surface area is 74.5 Å². The summed E-state index contributed by atoms with van der Waals surface area (Å²) in [6.07, 6.45) is 6.46. The van der Waals surface area contributed by atoms with Crippen LogP contribution in [0.3, 0.4) is 0 Å². The zero-order chi connectivity index (χ0) is 8.97. The zero-order valence-corrected chi connectivity index (χ0v) is 7.88. The van der Waals surface area contributed by atoms with Gasteiger partial charge in [0.2, 0.25) is 0 Å². The van der Waals surface area contributed by atoms with Gasteiger partial charge in [0.05, 0.1) is 6.04 Å². The van der Waals surface area contributed by atoms with Crippen LogP contribution in [0.1, 0.15) is 45.4 Å². The molecule has 0 aromatic heterocycles. The molecule has 0 saturated heterocycles. The highest BCUT2D eigenvalue weighted by molar-refractivity contribution is 5.86. The predicted molar refractivity (Wildman–Crippen MR) is 49.8 cm³/mol. The van der Waals surface area contributed by atoms with Crippen LogP contribution < -0.4 is 5.73 Å². The lowest BCUT2D eigenvalue weighted by molar-refractivity contribution is -0.124. The zero-order valence-electron chi connectivity index (χ0n) is 7.88. The van der Waals surface area contributed by atoms with Crippen LogP contribution in [0.25, 0.3) is 0 Å². The smallest absolute Gasteiger partial charge is 0.152 e. The Morgan fingerprint density at radius 1 is 1.50 bits per heavy atom. The van der Waals surface area contributed by atoms with Crippen LogP contribution >= 0.6 is 0 Å². The van der Waals surface area contributed by atoms with E-state index in [2.05, 4.69) is 6.92 Å². The van der Waals surface area contributed by atoms with Crippen molar-refractivity contribution in [1.82, 2.24) is 0 Å². The molecule has 1 aliphatic carbocycles. The maximum Gasteiger partial charge on any atom is 0.152 e. The lowest BCUT2D eigenvalue weighted by Gasteiger charge is -2.13. The van der Waals surface area contributed by atoms with Crippen molar-refractivity contribution in [2.75, 3.05) is 0 Å². The molecule has 0 amide bonds. The molecule has 1 aliphatic rings. The van der Waals surface area contributed by atoms with Gasteiger partial charge in [0, 0.05) is 5.92 Å². The highest BCUT2D eigenvalue weighted by Crippen LogP contribution is 2.26. The topological polar surface area (TPSA) is 43.1 Å². The molecule has 0 radical (unpaired) electrons. The van der Waals surface area contributed by atoms with Crippen LogP contribution in [-0.2, 0) is 4.79 Å². The van der Waals surface area contributed by atoms with Crippen molar-refractivity contribution in [2.24, 2.45) is 11.7 Å². The molecular weight excluding hydrogens is 150 g/mol. The number of hydrogen-bond acceptors (Lipinski definition) is 2. The van der Waals surface area contributed by atoms with E-state index in [-0.39, 0.29) is 6.04 Å². The summed E-state index contributed by atoms with van der Waals surface area (Å²) >= 11 is 0. The van der Waals surface area contributed by atoms with Crippen LogP contribution in [0.2, 0.25) is 0 Å². The van der Waals surface area contributed by atoms with E-state index in [1.165, 1.54) is 12.8 Å². The van der Waals surface area contributed by atoms with Crippen molar-refractivity contribution in [3.8, 4) is 0 Å². The van der Waals surface area contributed by atoms with Gasteiger partial charge in [0.15, 0.2) is 5.78 Å². The first-order chi connectivity index (χ1) is 5.75. The molecule has 1 rings (SSSR count). The Kier molecular flexibility index (Phi) is 3.73. The second-order valence-electron chi connectivity index (χ2n) is 3.78. The number of carbonyl (C=O) groups is 1. The van der Waals surface area contributed by atoms with Crippen molar-refractivity contribution >= 4 is 5.78 Å². The average Bonchev–Trinajstić information content (AvgIpc) is 2.55. The average molecular weight is 169 g/mol. The Hall–Kier alpha value is -0.370. The Morgan fingerprint density at radius 2 is 2.08 bits per heavy atom. The standard InChI is InChI=1S/C10H19NO/c1-2-5-9(11)10(12)8-6-3-4-7-8/h8-9H,2-7,11H2,1H3. The van der Waals surface area contributed by atoms with Crippen molar-refractivity contribution in [3.63, 3.8) is 0 Å². The fraction of sp³-hybridized carbons (Fsp3) is 0.900. The fourth-order valence-electron chi connectivity index (χ4n) is 1.97. The van der Waals surface area contributed by atoms with Crippen LogP contribution in [0, 0.1) is 5.92 Å². The molecule has 0 aromatic carbocycles. The van der Waals surface area contributed by atoms with Gasteiger partial charge in [-0.05, 0) is 19.3 Å². The first-order valence-electron chi connectivity index (χ1n) is 5.05. The third-order valence-electron chi connectivity index (χ3n) is 2.72. The third kappa shape index (κ3) is 2.31. The van der Waals surface area contributed by atoms with Gasteiger partial charge in [-0.25, -0.2) is 0 Å². The summed E-state index contributed by atoms with van der Waals surface area (Å²) in [4.78, 5) is 11.6. The van der Waals surface area contributed by atoms with Gasteiger partial charge in [-0.1, -0.05) is 26.2 Å². The van der Waals surface area contributed by atoms with E-state index in [0.717, 1.165) is 25.7 Å². The largest absolute Gasteiger partial charge is 0.321 e. The van der Waals surface area contributed by atoms with Crippen LogP contribution in [0.15, 0.2) is 0 Å². The Morgan fingerprint density at radius 3 is 2.58 bits per heavy atom. The summed E-state index contributed by atoms with van der Waals surface area (Å²) in [5.74, 6) is 0.612. The van der Waals surface area contributed by atoms with Crippen molar-refractivity contribution < 1.29 is 4.79 Å². The SMILES string of the molecule is CCCC(N)C(=O)C1CCCC1. The molecule has 0 aromatic rings. The minimum absolute atomic E-state index is 0.182. The van der Waals surface area contributed by atoms with Crippen molar-refractivity contribution in [3.05, 3.63) is 0 Å². The molecule has 1 saturated carbocycles. The molecule has 0 spiro atoms. The summed E-state index contributed by atoms with van der Waals surface area (Å²) in [5, 5.41) is 0. The van der Waals surface area contributed by atoms with Gasteiger partial charge < -0.3 is 5.73 Å². The molecule has 2 heteroatoms. The monoisotopic (exact) mass is 169 g/mol. The number of Topliss-reactive ketones (excluding diaryl/α,β-unsaturated/α-hetero) is 1. The molecule has 2 nitrogen and oxygen atoms in total. The maximum atomic E-state index is 11.6. The quantitative estimate of drug-likeness (QED) is 0.698. The molecule has 1 fully saturated rings. The minimum atomic E-state index is -0.182. The van der Waals surface area contributed by atoms with Crippen LogP contribution in [-0.4, -0.2) is 11.8 Å². The lowest BCUT2D eigenvalue weighted by Crippen LogP contribution is -2.34. The molecular formula is C10H19NO. The molecule has 0 aliphatic heterocycles. The van der Waals surface area contributed by atoms with E-state index < -0.39 is 0 Å². The lowest BCUT2D eigenvalue weighted by atomic mass is 9.95. The first-order valence-corrected chi connectivity index (χ1v) is 5.05. The first kappa shape index (κ1) is 9.72.